The molecule has 1 aliphatic heterocycles. The Morgan fingerprint density at radius 1 is 1.15 bits per heavy atom. The molecule has 33 heavy (non-hydrogen) atoms. The van der Waals surface area contributed by atoms with E-state index in [0.717, 1.165) is 39.4 Å². The first-order chi connectivity index (χ1) is 15.5. The maximum Gasteiger partial charge on any atom is 0.370 e. The fourth-order valence-corrected chi connectivity index (χ4v) is 4.22. The zero-order chi connectivity index (χ0) is 24.3. The van der Waals surface area contributed by atoms with Gasteiger partial charge in [0.05, 0.1) is 30.1 Å². The van der Waals surface area contributed by atoms with E-state index in [-0.39, 0.29) is 5.91 Å². The highest BCUT2D eigenvalue weighted by Crippen LogP contribution is 2.31. The van der Waals surface area contributed by atoms with E-state index >= 15 is 0 Å². The predicted octanol–water partition coefficient (Wildman–Crippen LogP) is 2.69. The molecule has 1 amide bonds. The Hall–Kier alpha value is -3.12. The minimum Gasteiger partial charge on any atom is -0.726 e. The monoisotopic (exact) mass is 488 g/mol. The summed E-state index contributed by atoms with van der Waals surface area (Å²) >= 11 is 1.57. The van der Waals surface area contributed by atoms with Gasteiger partial charge in [0.1, 0.15) is 5.52 Å². The number of nitrogens with zero attached hydrogens (tertiary/aromatic N) is 4. The van der Waals surface area contributed by atoms with Gasteiger partial charge in [0, 0.05) is 19.8 Å². The highest BCUT2D eigenvalue weighted by molar-refractivity contribution is 7.80. The average molecular weight is 489 g/mol. The Labute approximate surface area is 196 Å². The summed E-state index contributed by atoms with van der Waals surface area (Å²) in [6, 6.07) is 16.2. The van der Waals surface area contributed by atoms with Crippen molar-refractivity contribution in [1.29, 1.82) is 0 Å². The van der Waals surface area contributed by atoms with Gasteiger partial charge in [-0.15, -0.1) is 0 Å². The lowest BCUT2D eigenvalue weighted by atomic mass is 10.1. The number of amides is 1. The fraction of sp³-hybridized carbons (Fsp3) is 0.227. The van der Waals surface area contributed by atoms with Gasteiger partial charge in [-0.2, -0.15) is 0 Å². The van der Waals surface area contributed by atoms with Crippen molar-refractivity contribution in [1.82, 2.24) is 0 Å². The summed E-state index contributed by atoms with van der Waals surface area (Å²) in [4.78, 5) is 15.1. The van der Waals surface area contributed by atoms with E-state index in [2.05, 4.69) is 21.4 Å². The van der Waals surface area contributed by atoms with Gasteiger partial charge >= 0.3 is 11.0 Å². The number of carbonyl (C=O) groups excluding carboxylic acids is 1. The molecule has 0 atom stereocenters. The molecular formula is C22H24N4O5S2. The van der Waals surface area contributed by atoms with Crippen LogP contribution in [0.4, 0.5) is 10.8 Å². The molecule has 1 aliphatic rings. The molecule has 0 N–H and O–H groups in total. The summed E-state index contributed by atoms with van der Waals surface area (Å²) in [6.07, 6.45) is 1.91. The van der Waals surface area contributed by atoms with Crippen molar-refractivity contribution in [3.05, 3.63) is 59.7 Å². The van der Waals surface area contributed by atoms with E-state index in [1.165, 1.54) is 5.01 Å². The number of rotatable bonds is 4. The molecule has 2 aromatic carbocycles. The molecule has 3 aromatic rings. The van der Waals surface area contributed by atoms with Crippen LogP contribution in [0.1, 0.15) is 12.5 Å². The second-order valence-electron chi connectivity index (χ2n) is 7.33. The number of hydrogen-bond acceptors (Lipinski definition) is 8. The summed E-state index contributed by atoms with van der Waals surface area (Å²) < 4.78 is 34.2. The molecule has 0 fully saturated rings. The Bertz CT molecular complexity index is 1340. The minimum absolute atomic E-state index is 0.0913. The third kappa shape index (κ3) is 5.63. The Morgan fingerprint density at radius 2 is 1.76 bits per heavy atom. The van der Waals surface area contributed by atoms with Crippen LogP contribution in [0, 0.1) is 0 Å². The smallest absolute Gasteiger partial charge is 0.370 e. The SMILES string of the molecule is CC1=NN(c2sc3ccccc3[n+]2C)C(=O)/C1=C/c1ccc(N(C)C)cc1.COS(=O)(=O)[O-]. The topological polar surface area (TPSA) is 106 Å². The second-order valence-corrected chi connectivity index (χ2v) is 9.49. The summed E-state index contributed by atoms with van der Waals surface area (Å²) in [5, 5.41) is 6.86. The summed E-state index contributed by atoms with van der Waals surface area (Å²) in [5.74, 6) is -0.0913. The predicted molar refractivity (Wildman–Crippen MR) is 129 cm³/mol. The standard InChI is InChI=1S/C21H21N4OS.CH4O4S/c1-14-17(13-15-9-11-16(12-10-15)23(2)3)20(26)25(22-14)21-24(4)18-7-5-6-8-19(18)27-21;1-5-6(2,3)4/h5-13H,1-4H3;1H3,(H,2,3,4)/q+1;/p-1/b17-13+;. The van der Waals surface area contributed by atoms with Gasteiger partial charge in [-0.3, -0.25) is 4.18 Å². The van der Waals surface area contributed by atoms with Crippen molar-refractivity contribution < 1.29 is 26.5 Å². The zero-order valence-corrected chi connectivity index (χ0v) is 20.5. The molecule has 4 rings (SSSR count). The van der Waals surface area contributed by atoms with E-state index in [1.54, 1.807) is 11.3 Å². The number of fused-ring (bicyclic) bond motifs is 1. The van der Waals surface area contributed by atoms with Crippen LogP contribution in [-0.4, -0.2) is 45.8 Å². The first-order valence-corrected chi connectivity index (χ1v) is 11.9. The lowest BCUT2D eigenvalue weighted by Gasteiger charge is -2.11. The highest BCUT2D eigenvalue weighted by atomic mass is 32.3. The van der Waals surface area contributed by atoms with Crippen LogP contribution in [0.3, 0.4) is 0 Å². The van der Waals surface area contributed by atoms with E-state index < -0.39 is 10.4 Å². The third-order valence-electron chi connectivity index (χ3n) is 4.88. The quantitative estimate of drug-likeness (QED) is 0.242. The largest absolute Gasteiger partial charge is 0.726 e. The van der Waals surface area contributed by atoms with E-state index in [1.807, 2.05) is 80.0 Å². The van der Waals surface area contributed by atoms with Gasteiger partial charge in [-0.25, -0.2) is 17.8 Å². The van der Waals surface area contributed by atoms with Crippen LogP contribution < -0.4 is 14.5 Å². The van der Waals surface area contributed by atoms with Crippen molar-refractivity contribution in [3.8, 4) is 0 Å². The minimum atomic E-state index is -4.41. The van der Waals surface area contributed by atoms with Crippen molar-refractivity contribution in [2.45, 2.75) is 6.92 Å². The first kappa shape index (κ1) is 24.5. The molecule has 0 bridgehead atoms. The van der Waals surface area contributed by atoms with Gasteiger partial charge in [0.25, 0.3) is 0 Å². The zero-order valence-electron chi connectivity index (χ0n) is 18.8. The van der Waals surface area contributed by atoms with Crippen LogP contribution in [-0.2, 0) is 26.4 Å². The van der Waals surface area contributed by atoms with Gasteiger partial charge in [-0.1, -0.05) is 29.4 Å². The summed E-state index contributed by atoms with van der Waals surface area (Å²) in [5.41, 5.74) is 4.56. The number of thiazole rings is 1. The number of carbonyl (C=O) groups is 1. The number of para-hydroxylation sites is 1. The number of anilines is 2. The molecule has 0 saturated heterocycles. The first-order valence-electron chi connectivity index (χ1n) is 9.80. The van der Waals surface area contributed by atoms with Crippen LogP contribution in [0.2, 0.25) is 0 Å². The van der Waals surface area contributed by atoms with E-state index in [9.17, 15) is 17.8 Å². The van der Waals surface area contributed by atoms with Gasteiger partial charge in [0.2, 0.25) is 10.4 Å². The molecule has 174 valence electrons. The third-order valence-corrected chi connectivity index (χ3v) is 6.49. The Kier molecular flexibility index (Phi) is 7.28. The molecule has 11 heteroatoms. The van der Waals surface area contributed by atoms with Crippen LogP contribution in [0.25, 0.3) is 16.3 Å². The number of hydrogen-bond donors (Lipinski definition) is 0. The molecule has 0 spiro atoms. The lowest BCUT2D eigenvalue weighted by Crippen LogP contribution is -2.36. The fourth-order valence-electron chi connectivity index (χ4n) is 3.13. The number of aromatic nitrogens is 1. The number of benzene rings is 2. The molecule has 1 aromatic heterocycles. The summed E-state index contributed by atoms with van der Waals surface area (Å²) in [7, 11) is 2.38. The Morgan fingerprint density at radius 3 is 2.30 bits per heavy atom. The van der Waals surface area contributed by atoms with Crippen LogP contribution in [0.15, 0.2) is 59.2 Å². The molecule has 0 aliphatic carbocycles. The second kappa shape index (κ2) is 9.79. The van der Waals surface area contributed by atoms with Gasteiger partial charge in [0.15, 0.2) is 0 Å². The summed E-state index contributed by atoms with van der Waals surface area (Å²) in [6.45, 7) is 1.88. The molecule has 0 unspecified atom stereocenters. The molecule has 2 heterocycles. The van der Waals surface area contributed by atoms with Crippen molar-refractivity contribution in [3.63, 3.8) is 0 Å². The van der Waals surface area contributed by atoms with E-state index in [0.29, 0.717) is 5.57 Å². The molecular weight excluding hydrogens is 464 g/mol. The molecule has 0 radical (unpaired) electrons. The van der Waals surface area contributed by atoms with Gasteiger partial charge in [-0.05, 0) is 59.2 Å². The lowest BCUT2D eigenvalue weighted by molar-refractivity contribution is -0.627. The number of aryl methyl sites for hydroxylation is 1. The van der Waals surface area contributed by atoms with Gasteiger partial charge < -0.3 is 9.45 Å². The molecule has 0 saturated carbocycles. The van der Waals surface area contributed by atoms with Crippen molar-refractivity contribution in [2.75, 3.05) is 31.1 Å². The van der Waals surface area contributed by atoms with Crippen molar-refractivity contribution in [2.24, 2.45) is 12.1 Å². The highest BCUT2D eigenvalue weighted by Gasteiger charge is 2.39. The Balaban J connectivity index is 0.000000454. The van der Waals surface area contributed by atoms with Crippen molar-refractivity contribution >= 4 is 60.5 Å². The number of hydrazone groups is 1. The average Bonchev–Trinajstić information content (AvgIpc) is 3.25. The normalized spacial score (nSPS) is 15.0. The van der Waals surface area contributed by atoms with E-state index in [4.69, 9.17) is 0 Å². The maximum absolute atomic E-state index is 13.1. The van der Waals surface area contributed by atoms with Crippen LogP contribution in [0.5, 0.6) is 0 Å². The van der Waals surface area contributed by atoms with Crippen LogP contribution >= 0.6 is 11.3 Å². The molecule has 9 nitrogen and oxygen atoms in total. The maximum atomic E-state index is 13.1.